The second-order valence-electron chi connectivity index (χ2n) is 3.97. The molecule has 0 saturated heterocycles. The number of nitrogens with two attached hydrogens (primary N) is 1. The fourth-order valence-electron chi connectivity index (χ4n) is 1.39. The number of aryl methyl sites for hydroxylation is 1. The number of carbonyl (C=O) groups excluding carboxylic acids is 1. The number of phenols is 1. The van der Waals surface area contributed by atoms with E-state index in [9.17, 15) is 9.90 Å². The first kappa shape index (κ1) is 13.4. The van der Waals surface area contributed by atoms with Crippen LogP contribution in [-0.4, -0.2) is 34.0 Å². The number of aromatic hydroxyl groups is 1. The Hall–Kier alpha value is -1.62. The third kappa shape index (κ3) is 2.74. The van der Waals surface area contributed by atoms with Crippen molar-refractivity contribution in [3.8, 4) is 5.75 Å². The molecule has 5 heteroatoms. The standard InChI is InChI=1S/C12H16N2O2S/c1-7-5-4-6-9(10(7)15)12(16)14(3)8(2)11(13)17/h4-6,8,15H,1-3H3,(H2,13,17). The summed E-state index contributed by atoms with van der Waals surface area (Å²) in [5.41, 5.74) is 6.42. The summed E-state index contributed by atoms with van der Waals surface area (Å²) < 4.78 is 0. The van der Waals surface area contributed by atoms with Crippen molar-refractivity contribution in [2.45, 2.75) is 19.9 Å². The molecule has 1 rings (SSSR count). The van der Waals surface area contributed by atoms with Gasteiger partial charge in [-0.3, -0.25) is 4.79 Å². The summed E-state index contributed by atoms with van der Waals surface area (Å²) in [7, 11) is 1.61. The number of thiocarbonyl (C=S) groups is 1. The molecule has 0 aliphatic rings. The van der Waals surface area contributed by atoms with Crippen molar-refractivity contribution in [3.63, 3.8) is 0 Å². The highest BCUT2D eigenvalue weighted by atomic mass is 32.1. The Morgan fingerprint density at radius 3 is 2.65 bits per heavy atom. The molecule has 0 bridgehead atoms. The van der Waals surface area contributed by atoms with Crippen LogP contribution in [0.1, 0.15) is 22.8 Å². The monoisotopic (exact) mass is 252 g/mol. The first-order valence-electron chi connectivity index (χ1n) is 5.21. The van der Waals surface area contributed by atoms with Crippen LogP contribution < -0.4 is 5.73 Å². The molecule has 0 spiro atoms. The summed E-state index contributed by atoms with van der Waals surface area (Å²) in [5.74, 6) is -0.300. The number of para-hydroxylation sites is 1. The van der Waals surface area contributed by atoms with Crippen molar-refractivity contribution >= 4 is 23.1 Å². The molecule has 92 valence electrons. The minimum atomic E-state index is -0.350. The SMILES string of the molecule is Cc1cccc(C(=O)N(C)C(C)C(N)=S)c1O. The van der Waals surface area contributed by atoms with Gasteiger partial charge in [0, 0.05) is 7.05 Å². The summed E-state index contributed by atoms with van der Waals surface area (Å²) in [6.45, 7) is 3.48. The van der Waals surface area contributed by atoms with Gasteiger partial charge in [-0.25, -0.2) is 0 Å². The van der Waals surface area contributed by atoms with Gasteiger partial charge in [0.2, 0.25) is 0 Å². The lowest BCUT2D eigenvalue weighted by atomic mass is 10.1. The molecule has 0 aliphatic heterocycles. The largest absolute Gasteiger partial charge is 0.507 e. The van der Waals surface area contributed by atoms with E-state index < -0.39 is 0 Å². The minimum Gasteiger partial charge on any atom is -0.507 e. The molecule has 4 nitrogen and oxygen atoms in total. The van der Waals surface area contributed by atoms with E-state index in [1.54, 1.807) is 39.1 Å². The summed E-state index contributed by atoms with van der Waals surface area (Å²) in [4.78, 5) is 13.8. The van der Waals surface area contributed by atoms with Gasteiger partial charge in [0.1, 0.15) is 5.75 Å². The first-order chi connectivity index (χ1) is 7.86. The highest BCUT2D eigenvalue weighted by Crippen LogP contribution is 2.23. The third-order valence-electron chi connectivity index (χ3n) is 2.78. The van der Waals surface area contributed by atoms with Crippen molar-refractivity contribution < 1.29 is 9.90 Å². The van der Waals surface area contributed by atoms with Gasteiger partial charge in [-0.1, -0.05) is 24.4 Å². The highest BCUT2D eigenvalue weighted by Gasteiger charge is 2.22. The Balaban J connectivity index is 3.05. The maximum absolute atomic E-state index is 12.1. The van der Waals surface area contributed by atoms with Crippen LogP contribution in [0.15, 0.2) is 18.2 Å². The van der Waals surface area contributed by atoms with Crippen LogP contribution in [0.25, 0.3) is 0 Å². The molecule has 0 aromatic heterocycles. The van der Waals surface area contributed by atoms with Crippen LogP contribution >= 0.6 is 12.2 Å². The summed E-state index contributed by atoms with van der Waals surface area (Å²) in [5, 5.41) is 9.83. The van der Waals surface area contributed by atoms with Crippen LogP contribution in [-0.2, 0) is 0 Å². The Morgan fingerprint density at radius 1 is 1.53 bits per heavy atom. The predicted molar refractivity (Wildman–Crippen MR) is 71.2 cm³/mol. The van der Waals surface area contributed by atoms with Crippen molar-refractivity contribution in [1.82, 2.24) is 4.90 Å². The summed E-state index contributed by atoms with van der Waals surface area (Å²) in [6.07, 6.45) is 0. The van der Waals surface area contributed by atoms with Gasteiger partial charge < -0.3 is 15.7 Å². The predicted octanol–water partition coefficient (Wildman–Crippen LogP) is 1.45. The number of benzene rings is 1. The van der Waals surface area contributed by atoms with E-state index in [1.807, 2.05) is 0 Å². The van der Waals surface area contributed by atoms with Gasteiger partial charge >= 0.3 is 0 Å². The molecule has 1 amide bonds. The van der Waals surface area contributed by atoms with E-state index in [0.29, 0.717) is 5.56 Å². The zero-order valence-corrected chi connectivity index (χ0v) is 10.9. The highest BCUT2D eigenvalue weighted by molar-refractivity contribution is 7.80. The molecule has 1 aromatic rings. The van der Waals surface area contributed by atoms with Gasteiger partial charge in [0.05, 0.1) is 16.6 Å². The molecule has 3 N–H and O–H groups in total. The fourth-order valence-corrected chi connectivity index (χ4v) is 1.55. The Kier molecular flexibility index (Phi) is 4.07. The zero-order chi connectivity index (χ0) is 13.2. The van der Waals surface area contributed by atoms with E-state index in [4.69, 9.17) is 18.0 Å². The lowest BCUT2D eigenvalue weighted by Crippen LogP contribution is -2.42. The second kappa shape index (κ2) is 5.14. The zero-order valence-electron chi connectivity index (χ0n) is 10.1. The molecule has 1 unspecified atom stereocenters. The van der Waals surface area contributed by atoms with Crippen LogP contribution in [0.3, 0.4) is 0 Å². The van der Waals surface area contributed by atoms with Crippen LogP contribution in [0.5, 0.6) is 5.75 Å². The van der Waals surface area contributed by atoms with Gasteiger partial charge in [-0.2, -0.15) is 0 Å². The topological polar surface area (TPSA) is 66.6 Å². The number of amides is 1. The Morgan fingerprint density at radius 2 is 2.12 bits per heavy atom. The average molecular weight is 252 g/mol. The molecular weight excluding hydrogens is 236 g/mol. The van der Waals surface area contributed by atoms with E-state index >= 15 is 0 Å². The molecule has 0 radical (unpaired) electrons. The second-order valence-corrected chi connectivity index (χ2v) is 4.44. The van der Waals surface area contributed by atoms with Crippen molar-refractivity contribution in [2.24, 2.45) is 5.73 Å². The van der Waals surface area contributed by atoms with Crippen LogP contribution in [0, 0.1) is 6.92 Å². The molecule has 0 aliphatic carbocycles. The number of hydrogen-bond acceptors (Lipinski definition) is 3. The molecule has 17 heavy (non-hydrogen) atoms. The van der Waals surface area contributed by atoms with Crippen molar-refractivity contribution in [1.29, 1.82) is 0 Å². The molecule has 0 heterocycles. The maximum atomic E-state index is 12.1. The quantitative estimate of drug-likeness (QED) is 0.799. The number of hydrogen-bond donors (Lipinski definition) is 2. The van der Waals surface area contributed by atoms with Crippen LogP contribution in [0.4, 0.5) is 0 Å². The van der Waals surface area contributed by atoms with E-state index in [2.05, 4.69) is 0 Å². The summed E-state index contributed by atoms with van der Waals surface area (Å²) in [6, 6.07) is 4.69. The van der Waals surface area contributed by atoms with Gasteiger partial charge in [-0.05, 0) is 25.5 Å². The fraction of sp³-hybridized carbons (Fsp3) is 0.333. The third-order valence-corrected chi connectivity index (χ3v) is 3.12. The molecule has 1 atom stereocenters. The number of rotatable bonds is 3. The van der Waals surface area contributed by atoms with E-state index in [1.165, 1.54) is 4.90 Å². The van der Waals surface area contributed by atoms with Gasteiger partial charge in [0.15, 0.2) is 0 Å². The Labute approximate surface area is 106 Å². The molecule has 0 fully saturated rings. The van der Waals surface area contributed by atoms with Crippen molar-refractivity contribution in [3.05, 3.63) is 29.3 Å². The molecular formula is C12H16N2O2S. The van der Waals surface area contributed by atoms with Crippen molar-refractivity contribution in [2.75, 3.05) is 7.05 Å². The van der Waals surface area contributed by atoms with E-state index in [0.717, 1.165) is 0 Å². The first-order valence-corrected chi connectivity index (χ1v) is 5.62. The van der Waals surface area contributed by atoms with Gasteiger partial charge in [-0.15, -0.1) is 0 Å². The minimum absolute atomic E-state index is 0.000472. The summed E-state index contributed by atoms with van der Waals surface area (Å²) >= 11 is 4.84. The van der Waals surface area contributed by atoms with E-state index in [-0.39, 0.29) is 28.3 Å². The Bertz CT molecular complexity index is 460. The lowest BCUT2D eigenvalue weighted by Gasteiger charge is -2.24. The lowest BCUT2D eigenvalue weighted by molar-refractivity contribution is 0.0776. The number of likely N-dealkylation sites (N-methyl/N-ethyl adjacent to an activating group) is 1. The number of nitrogens with zero attached hydrogens (tertiary/aromatic N) is 1. The average Bonchev–Trinajstić information content (AvgIpc) is 2.29. The maximum Gasteiger partial charge on any atom is 0.257 e. The smallest absolute Gasteiger partial charge is 0.257 e. The molecule has 1 aromatic carbocycles. The normalized spacial score (nSPS) is 11.9. The number of carbonyl (C=O) groups is 1. The van der Waals surface area contributed by atoms with Gasteiger partial charge in [0.25, 0.3) is 5.91 Å². The molecule has 0 saturated carbocycles. The van der Waals surface area contributed by atoms with Crippen LogP contribution in [0.2, 0.25) is 0 Å². The number of phenolic OH excluding ortho intramolecular Hbond substituents is 1.